The van der Waals surface area contributed by atoms with Crippen molar-refractivity contribution in [3.63, 3.8) is 0 Å². The number of nitriles is 1. The van der Waals surface area contributed by atoms with E-state index in [4.69, 9.17) is 21.6 Å². The average molecular weight is 257 g/mol. The van der Waals surface area contributed by atoms with Gasteiger partial charge in [0, 0.05) is 17.6 Å². The van der Waals surface area contributed by atoms with Crippen molar-refractivity contribution in [1.82, 2.24) is 9.88 Å². The van der Waals surface area contributed by atoms with Gasteiger partial charge in [0.1, 0.15) is 12.4 Å². The molecule has 7 heteroatoms. The van der Waals surface area contributed by atoms with Gasteiger partial charge in [-0.05, 0) is 0 Å². The molecule has 1 aromatic rings. The Labute approximate surface area is 102 Å². The standard InChI is InChI=1S/C9H9ClN4OS/c10-9-12-3-7(16-9)4-14-1-2-15-5-8(14)13-6-11/h3H,1-2,4-5H2. The quantitative estimate of drug-likeness (QED) is 0.753. The van der Waals surface area contributed by atoms with Crippen LogP contribution in [0.25, 0.3) is 0 Å². The van der Waals surface area contributed by atoms with E-state index in [1.807, 2.05) is 4.90 Å². The highest BCUT2D eigenvalue weighted by atomic mass is 35.5. The van der Waals surface area contributed by atoms with Gasteiger partial charge in [-0.2, -0.15) is 10.3 Å². The number of thiazole rings is 1. The van der Waals surface area contributed by atoms with E-state index in [2.05, 4.69) is 9.98 Å². The van der Waals surface area contributed by atoms with Crippen LogP contribution in [0.15, 0.2) is 11.2 Å². The van der Waals surface area contributed by atoms with E-state index in [0.717, 1.165) is 11.4 Å². The lowest BCUT2D eigenvalue weighted by atomic mass is 10.3. The number of nitrogens with zero attached hydrogens (tertiary/aromatic N) is 4. The molecule has 5 nitrogen and oxygen atoms in total. The number of ether oxygens (including phenoxy) is 1. The summed E-state index contributed by atoms with van der Waals surface area (Å²) >= 11 is 7.19. The lowest BCUT2D eigenvalue weighted by Crippen LogP contribution is -2.40. The Morgan fingerprint density at radius 1 is 1.75 bits per heavy atom. The Morgan fingerprint density at radius 2 is 2.62 bits per heavy atom. The summed E-state index contributed by atoms with van der Waals surface area (Å²) in [5.74, 6) is 0.665. The first-order chi connectivity index (χ1) is 7.79. The zero-order valence-corrected chi connectivity index (χ0v) is 9.96. The van der Waals surface area contributed by atoms with E-state index < -0.39 is 0 Å². The van der Waals surface area contributed by atoms with Crippen LogP contribution in [0, 0.1) is 11.5 Å². The fourth-order valence-electron chi connectivity index (χ4n) is 1.43. The maximum absolute atomic E-state index is 8.56. The third-order valence-corrected chi connectivity index (χ3v) is 3.25. The van der Waals surface area contributed by atoms with Gasteiger partial charge < -0.3 is 9.64 Å². The van der Waals surface area contributed by atoms with Crippen LogP contribution in [-0.4, -0.2) is 35.5 Å². The molecule has 1 fully saturated rings. The van der Waals surface area contributed by atoms with Crippen molar-refractivity contribution < 1.29 is 4.74 Å². The van der Waals surface area contributed by atoms with E-state index in [0.29, 0.717) is 30.1 Å². The number of aliphatic imine (C=N–C) groups is 1. The molecule has 1 saturated heterocycles. The molecule has 0 bridgehead atoms. The largest absolute Gasteiger partial charge is 0.372 e. The fraction of sp³-hybridized carbons (Fsp3) is 0.444. The Kier molecular flexibility index (Phi) is 3.72. The van der Waals surface area contributed by atoms with Crippen LogP contribution in [0.3, 0.4) is 0 Å². The second-order valence-electron chi connectivity index (χ2n) is 3.18. The number of halogens is 1. The molecule has 0 spiro atoms. The molecular weight excluding hydrogens is 248 g/mol. The van der Waals surface area contributed by atoms with Crippen LogP contribution in [0.1, 0.15) is 4.88 Å². The highest BCUT2D eigenvalue weighted by Crippen LogP contribution is 2.20. The number of hydrogen-bond donors (Lipinski definition) is 0. The Morgan fingerprint density at radius 3 is 3.31 bits per heavy atom. The number of amidine groups is 1. The number of rotatable bonds is 2. The van der Waals surface area contributed by atoms with Crippen molar-refractivity contribution in [3.05, 3.63) is 15.5 Å². The first-order valence-electron chi connectivity index (χ1n) is 4.68. The number of aromatic nitrogens is 1. The predicted molar refractivity (Wildman–Crippen MR) is 61.4 cm³/mol. The van der Waals surface area contributed by atoms with Gasteiger partial charge in [-0.25, -0.2) is 4.98 Å². The molecule has 1 aliphatic heterocycles. The van der Waals surface area contributed by atoms with Crippen molar-refractivity contribution in [2.24, 2.45) is 4.99 Å². The summed E-state index contributed by atoms with van der Waals surface area (Å²) in [7, 11) is 0. The van der Waals surface area contributed by atoms with Crippen LogP contribution in [0.4, 0.5) is 0 Å². The lowest BCUT2D eigenvalue weighted by Gasteiger charge is -2.28. The summed E-state index contributed by atoms with van der Waals surface area (Å²) in [5, 5.41) is 8.56. The highest BCUT2D eigenvalue weighted by Gasteiger charge is 2.18. The summed E-state index contributed by atoms with van der Waals surface area (Å²) in [5.41, 5.74) is 0. The molecular formula is C9H9ClN4OS. The smallest absolute Gasteiger partial charge is 0.207 e. The van der Waals surface area contributed by atoms with Gasteiger partial charge in [0.15, 0.2) is 4.47 Å². The summed E-state index contributed by atoms with van der Waals surface area (Å²) in [6.07, 6.45) is 3.53. The van der Waals surface area contributed by atoms with Crippen LogP contribution in [0.5, 0.6) is 0 Å². The maximum atomic E-state index is 8.56. The van der Waals surface area contributed by atoms with Crippen LogP contribution < -0.4 is 0 Å². The molecule has 1 aromatic heterocycles. The average Bonchev–Trinajstić information content (AvgIpc) is 2.67. The lowest BCUT2D eigenvalue weighted by molar-refractivity contribution is 0.114. The minimum Gasteiger partial charge on any atom is -0.372 e. The Balaban J connectivity index is 2.07. The number of hydrogen-bond acceptors (Lipinski definition) is 5. The first-order valence-corrected chi connectivity index (χ1v) is 5.87. The van der Waals surface area contributed by atoms with Gasteiger partial charge in [0.25, 0.3) is 0 Å². The van der Waals surface area contributed by atoms with E-state index in [1.165, 1.54) is 11.3 Å². The highest BCUT2D eigenvalue weighted by molar-refractivity contribution is 7.15. The Hall–Kier alpha value is -1.16. The molecule has 0 aliphatic carbocycles. The van der Waals surface area contributed by atoms with Crippen LogP contribution in [0.2, 0.25) is 4.47 Å². The third kappa shape index (κ3) is 2.70. The molecule has 0 amide bonds. The Bertz CT molecular complexity index is 439. The molecule has 0 saturated carbocycles. The molecule has 0 N–H and O–H groups in total. The molecule has 0 atom stereocenters. The van der Waals surface area contributed by atoms with Gasteiger partial charge in [-0.1, -0.05) is 11.6 Å². The predicted octanol–water partition coefficient (Wildman–Crippen LogP) is 1.51. The monoisotopic (exact) mass is 256 g/mol. The normalized spacial score (nSPS) is 18.8. The van der Waals surface area contributed by atoms with Crippen LogP contribution >= 0.6 is 22.9 Å². The third-order valence-electron chi connectivity index (χ3n) is 2.15. The summed E-state index contributed by atoms with van der Waals surface area (Å²) in [6, 6.07) is 0. The molecule has 2 rings (SSSR count). The molecule has 0 radical (unpaired) electrons. The first kappa shape index (κ1) is 11.3. The van der Waals surface area contributed by atoms with Gasteiger partial charge >= 0.3 is 0 Å². The van der Waals surface area contributed by atoms with E-state index in [-0.39, 0.29) is 0 Å². The molecule has 1 aliphatic rings. The van der Waals surface area contributed by atoms with Gasteiger partial charge in [0.2, 0.25) is 6.19 Å². The van der Waals surface area contributed by atoms with E-state index in [9.17, 15) is 0 Å². The van der Waals surface area contributed by atoms with E-state index in [1.54, 1.807) is 12.4 Å². The summed E-state index contributed by atoms with van der Waals surface area (Å²) in [4.78, 5) is 10.8. The van der Waals surface area contributed by atoms with Gasteiger partial charge in [-0.3, -0.25) is 0 Å². The van der Waals surface area contributed by atoms with Gasteiger partial charge in [-0.15, -0.1) is 11.3 Å². The van der Waals surface area contributed by atoms with Crippen molar-refractivity contribution in [1.29, 1.82) is 5.26 Å². The summed E-state index contributed by atoms with van der Waals surface area (Å²) < 4.78 is 5.78. The molecule has 2 heterocycles. The maximum Gasteiger partial charge on any atom is 0.207 e. The molecule has 0 unspecified atom stereocenters. The van der Waals surface area contributed by atoms with Crippen molar-refractivity contribution in [2.75, 3.05) is 19.8 Å². The molecule has 0 aromatic carbocycles. The second-order valence-corrected chi connectivity index (χ2v) is 4.88. The molecule has 16 heavy (non-hydrogen) atoms. The van der Waals surface area contributed by atoms with E-state index >= 15 is 0 Å². The zero-order chi connectivity index (χ0) is 11.4. The fourth-order valence-corrected chi connectivity index (χ4v) is 2.43. The number of morpholine rings is 1. The van der Waals surface area contributed by atoms with Crippen molar-refractivity contribution in [2.45, 2.75) is 6.54 Å². The SMILES string of the molecule is N#CN=C1COCCN1Cc1cnc(Cl)s1. The zero-order valence-electron chi connectivity index (χ0n) is 8.39. The van der Waals surface area contributed by atoms with Crippen molar-refractivity contribution in [3.8, 4) is 6.19 Å². The van der Waals surface area contributed by atoms with Gasteiger partial charge in [0.05, 0.1) is 13.2 Å². The second kappa shape index (κ2) is 5.25. The molecule has 84 valence electrons. The topological polar surface area (TPSA) is 61.5 Å². The minimum atomic E-state index is 0.389. The van der Waals surface area contributed by atoms with Crippen molar-refractivity contribution >= 4 is 28.8 Å². The summed E-state index contributed by atoms with van der Waals surface area (Å²) in [6.45, 7) is 2.45. The van der Waals surface area contributed by atoms with Crippen LogP contribution in [-0.2, 0) is 11.3 Å². The minimum absolute atomic E-state index is 0.389.